The van der Waals surface area contributed by atoms with Gasteiger partial charge in [-0.15, -0.1) is 24.0 Å². The van der Waals surface area contributed by atoms with E-state index >= 15 is 0 Å². The van der Waals surface area contributed by atoms with Gasteiger partial charge in [0.2, 0.25) is 0 Å². The van der Waals surface area contributed by atoms with Crippen molar-refractivity contribution in [3.8, 4) is 23.0 Å². The smallest absolute Gasteiger partial charge is 0.191 e. The van der Waals surface area contributed by atoms with Crippen LogP contribution in [0.1, 0.15) is 17.2 Å². The summed E-state index contributed by atoms with van der Waals surface area (Å²) in [6, 6.07) is 11.8. The van der Waals surface area contributed by atoms with Crippen LogP contribution >= 0.6 is 24.0 Å². The Morgan fingerprint density at radius 3 is 2.12 bits per heavy atom. The van der Waals surface area contributed by atoms with Crippen LogP contribution in [0.4, 0.5) is 0 Å². The molecular formula is C23H35IN4O4. The Morgan fingerprint density at radius 2 is 1.56 bits per heavy atom. The van der Waals surface area contributed by atoms with Gasteiger partial charge in [-0.25, -0.2) is 0 Å². The summed E-state index contributed by atoms with van der Waals surface area (Å²) in [5, 5.41) is 6.74. The number of hydrogen-bond donors (Lipinski definition) is 2. The molecule has 0 spiro atoms. The maximum absolute atomic E-state index is 5.47. The summed E-state index contributed by atoms with van der Waals surface area (Å²) < 4.78 is 21.5. The number of benzene rings is 2. The first-order valence-electron chi connectivity index (χ1n) is 10.0. The lowest BCUT2D eigenvalue weighted by Crippen LogP contribution is -2.41. The first-order chi connectivity index (χ1) is 15.0. The van der Waals surface area contributed by atoms with Crippen LogP contribution in [-0.2, 0) is 6.54 Å². The number of methoxy groups -OCH3 is 4. The van der Waals surface area contributed by atoms with E-state index in [2.05, 4.69) is 20.5 Å². The molecule has 0 aromatic heterocycles. The van der Waals surface area contributed by atoms with Gasteiger partial charge in [0.25, 0.3) is 0 Å². The Morgan fingerprint density at radius 1 is 0.875 bits per heavy atom. The molecule has 0 heterocycles. The number of aliphatic imine (C=N–C) groups is 1. The maximum atomic E-state index is 5.47. The summed E-state index contributed by atoms with van der Waals surface area (Å²) in [6.07, 6.45) is 0. The highest BCUT2D eigenvalue weighted by Crippen LogP contribution is 2.31. The molecule has 0 aliphatic carbocycles. The number of halogens is 1. The minimum Gasteiger partial charge on any atom is -0.497 e. The molecule has 0 bridgehead atoms. The summed E-state index contributed by atoms with van der Waals surface area (Å²) >= 11 is 0. The van der Waals surface area contributed by atoms with Crippen molar-refractivity contribution in [1.82, 2.24) is 15.5 Å². The zero-order valence-electron chi connectivity index (χ0n) is 19.9. The molecule has 0 radical (unpaired) electrons. The van der Waals surface area contributed by atoms with Crippen molar-refractivity contribution in [2.45, 2.75) is 12.6 Å². The number of guanidine groups is 1. The average Bonchev–Trinajstić information content (AvgIpc) is 2.80. The van der Waals surface area contributed by atoms with Crippen molar-refractivity contribution in [3.05, 3.63) is 47.5 Å². The molecule has 0 saturated heterocycles. The highest BCUT2D eigenvalue weighted by Gasteiger charge is 2.17. The van der Waals surface area contributed by atoms with Crippen molar-refractivity contribution < 1.29 is 18.9 Å². The lowest BCUT2D eigenvalue weighted by molar-refractivity contribution is 0.295. The van der Waals surface area contributed by atoms with Crippen molar-refractivity contribution in [2.75, 3.05) is 56.1 Å². The van der Waals surface area contributed by atoms with E-state index in [4.69, 9.17) is 18.9 Å². The van der Waals surface area contributed by atoms with E-state index in [1.54, 1.807) is 35.5 Å². The molecule has 2 aromatic carbocycles. The third-order valence-electron chi connectivity index (χ3n) is 5.04. The van der Waals surface area contributed by atoms with Gasteiger partial charge in [0.15, 0.2) is 17.5 Å². The molecule has 0 aliphatic heterocycles. The topological polar surface area (TPSA) is 76.6 Å². The molecule has 0 amide bonds. The Hall–Kier alpha value is -2.40. The minimum absolute atomic E-state index is 0. The van der Waals surface area contributed by atoms with Crippen molar-refractivity contribution >= 4 is 29.9 Å². The van der Waals surface area contributed by atoms with Gasteiger partial charge in [-0.05, 0) is 43.9 Å². The molecule has 1 unspecified atom stereocenters. The number of rotatable bonds is 10. The van der Waals surface area contributed by atoms with E-state index in [1.165, 1.54) is 0 Å². The standard InChI is InChI=1S/C23H34N4O4.HI/c1-24-23(25-14-17-8-10-18(28-4)13-21(17)30-6)26-15-19(27(2)3)16-9-11-20(29-5)22(12-16)31-7;/h8-13,19H,14-15H2,1-7H3,(H2,24,25,26);1H. The Labute approximate surface area is 208 Å². The third-order valence-corrected chi connectivity index (χ3v) is 5.04. The van der Waals surface area contributed by atoms with Crippen LogP contribution < -0.4 is 29.6 Å². The SMILES string of the molecule is CN=C(NCc1ccc(OC)cc1OC)NCC(c1ccc(OC)c(OC)c1)N(C)C.I. The van der Waals surface area contributed by atoms with Crippen LogP contribution in [0.25, 0.3) is 0 Å². The molecule has 0 fully saturated rings. The van der Waals surface area contributed by atoms with Gasteiger partial charge < -0.3 is 34.5 Å². The molecule has 2 N–H and O–H groups in total. The van der Waals surface area contributed by atoms with Gasteiger partial charge in [0.05, 0.1) is 34.5 Å². The quantitative estimate of drug-likeness (QED) is 0.263. The summed E-state index contributed by atoms with van der Waals surface area (Å²) in [4.78, 5) is 6.49. The highest BCUT2D eigenvalue weighted by molar-refractivity contribution is 14.0. The fourth-order valence-corrected chi connectivity index (χ4v) is 3.25. The monoisotopic (exact) mass is 558 g/mol. The minimum atomic E-state index is 0. The molecule has 178 valence electrons. The fourth-order valence-electron chi connectivity index (χ4n) is 3.25. The summed E-state index contributed by atoms with van der Waals surface area (Å²) in [5.74, 6) is 3.64. The second kappa shape index (κ2) is 13.9. The number of nitrogens with zero attached hydrogens (tertiary/aromatic N) is 2. The van der Waals surface area contributed by atoms with Crippen molar-refractivity contribution in [3.63, 3.8) is 0 Å². The predicted octanol–water partition coefficient (Wildman–Crippen LogP) is 3.31. The van der Waals surface area contributed by atoms with E-state index < -0.39 is 0 Å². The predicted molar refractivity (Wildman–Crippen MR) is 139 cm³/mol. The lowest BCUT2D eigenvalue weighted by Gasteiger charge is -2.26. The first kappa shape index (κ1) is 27.6. The summed E-state index contributed by atoms with van der Waals surface area (Å²) in [5.41, 5.74) is 2.12. The second-order valence-electron chi connectivity index (χ2n) is 7.08. The number of likely N-dealkylation sites (N-methyl/N-ethyl adjacent to an activating group) is 1. The third kappa shape index (κ3) is 7.33. The molecule has 2 aromatic rings. The van der Waals surface area contributed by atoms with Crippen molar-refractivity contribution in [2.24, 2.45) is 4.99 Å². The molecule has 2 rings (SSSR count). The summed E-state index contributed by atoms with van der Waals surface area (Å²) in [6.45, 7) is 1.22. The van der Waals surface area contributed by atoms with Gasteiger partial charge in [0, 0.05) is 31.8 Å². The van der Waals surface area contributed by atoms with Gasteiger partial charge >= 0.3 is 0 Å². The van der Waals surface area contributed by atoms with E-state index in [0.29, 0.717) is 30.5 Å². The second-order valence-corrected chi connectivity index (χ2v) is 7.08. The van der Waals surface area contributed by atoms with Crippen LogP contribution in [0, 0.1) is 0 Å². The van der Waals surface area contributed by atoms with Crippen LogP contribution in [-0.4, -0.2) is 67.0 Å². The molecule has 1 atom stereocenters. The van der Waals surface area contributed by atoms with Crippen LogP contribution in [0.2, 0.25) is 0 Å². The van der Waals surface area contributed by atoms with E-state index in [9.17, 15) is 0 Å². The molecule has 0 aliphatic rings. The average molecular weight is 558 g/mol. The molecule has 9 heteroatoms. The Bertz CT molecular complexity index is 877. The Kier molecular flexibility index (Phi) is 12.0. The van der Waals surface area contributed by atoms with Crippen LogP contribution in [0.15, 0.2) is 41.4 Å². The fraction of sp³-hybridized carbons (Fsp3) is 0.435. The van der Waals surface area contributed by atoms with E-state index in [1.807, 2.05) is 50.5 Å². The van der Waals surface area contributed by atoms with Gasteiger partial charge in [0.1, 0.15) is 11.5 Å². The van der Waals surface area contributed by atoms with E-state index in [-0.39, 0.29) is 30.0 Å². The first-order valence-corrected chi connectivity index (χ1v) is 10.0. The summed E-state index contributed by atoms with van der Waals surface area (Å²) in [7, 11) is 12.4. The zero-order valence-corrected chi connectivity index (χ0v) is 22.2. The largest absolute Gasteiger partial charge is 0.497 e. The van der Waals surface area contributed by atoms with Crippen molar-refractivity contribution in [1.29, 1.82) is 0 Å². The van der Waals surface area contributed by atoms with Gasteiger partial charge in [-0.2, -0.15) is 0 Å². The zero-order chi connectivity index (χ0) is 22.8. The lowest BCUT2D eigenvalue weighted by atomic mass is 10.1. The van der Waals surface area contributed by atoms with Gasteiger partial charge in [-0.3, -0.25) is 4.99 Å². The molecular weight excluding hydrogens is 523 g/mol. The van der Waals surface area contributed by atoms with Crippen LogP contribution in [0.5, 0.6) is 23.0 Å². The molecule has 32 heavy (non-hydrogen) atoms. The van der Waals surface area contributed by atoms with Crippen LogP contribution in [0.3, 0.4) is 0 Å². The number of hydrogen-bond acceptors (Lipinski definition) is 6. The highest BCUT2D eigenvalue weighted by atomic mass is 127. The normalized spacial score (nSPS) is 11.9. The molecule has 0 saturated carbocycles. The Balaban J connectivity index is 0.00000512. The molecule has 8 nitrogen and oxygen atoms in total. The van der Waals surface area contributed by atoms with E-state index in [0.717, 1.165) is 22.6 Å². The maximum Gasteiger partial charge on any atom is 0.191 e. The van der Waals surface area contributed by atoms with Gasteiger partial charge in [-0.1, -0.05) is 6.07 Å². The number of nitrogens with one attached hydrogen (secondary N) is 2. The number of ether oxygens (including phenoxy) is 4.